The molecule has 102 valence electrons. The minimum atomic E-state index is -0.0180. The Bertz CT molecular complexity index is 725. The number of fused-ring (bicyclic) bond motifs is 3. The molecule has 0 bridgehead atoms. The summed E-state index contributed by atoms with van der Waals surface area (Å²) in [6.07, 6.45) is 0. The number of carbonyl (C=O) groups excluding carboxylic acids is 1. The second-order valence-corrected chi connectivity index (χ2v) is 5.58. The van der Waals surface area contributed by atoms with Gasteiger partial charge in [-0.2, -0.15) is 0 Å². The molecule has 4 heteroatoms. The van der Waals surface area contributed by atoms with Crippen molar-refractivity contribution >= 4 is 17.5 Å². The van der Waals surface area contributed by atoms with Gasteiger partial charge in [-0.3, -0.25) is 4.79 Å². The minimum absolute atomic E-state index is 0.0180. The zero-order valence-electron chi connectivity index (χ0n) is 11.3. The van der Waals surface area contributed by atoms with Crippen LogP contribution in [0.25, 0.3) is 11.1 Å². The number of rotatable bonds is 0. The number of hydrogen-bond acceptors (Lipinski definition) is 2. The first-order valence-electron chi connectivity index (χ1n) is 6.35. The Labute approximate surface area is 122 Å². The Morgan fingerprint density at radius 2 is 1.90 bits per heavy atom. The summed E-state index contributed by atoms with van der Waals surface area (Å²) in [4.78, 5) is 14.1. The molecule has 1 N–H and O–H groups in total. The van der Waals surface area contributed by atoms with E-state index >= 15 is 0 Å². The van der Waals surface area contributed by atoms with E-state index in [1.807, 2.05) is 25.1 Å². The van der Waals surface area contributed by atoms with Gasteiger partial charge in [0.25, 0.3) is 5.91 Å². The monoisotopic (exact) mass is 287 g/mol. The first-order valence-corrected chi connectivity index (χ1v) is 6.73. The normalized spacial score (nSPS) is 13.8. The Balaban J connectivity index is 2.35. The van der Waals surface area contributed by atoms with Crippen LogP contribution in [0.5, 0.6) is 5.75 Å². The van der Waals surface area contributed by atoms with Crippen molar-refractivity contribution < 1.29 is 9.90 Å². The van der Waals surface area contributed by atoms with Gasteiger partial charge in [0.2, 0.25) is 0 Å². The van der Waals surface area contributed by atoms with E-state index in [0.717, 1.165) is 22.3 Å². The molecule has 3 rings (SSSR count). The highest BCUT2D eigenvalue weighted by atomic mass is 35.5. The Hall–Kier alpha value is -2.00. The number of hydrogen-bond donors (Lipinski definition) is 1. The molecule has 0 spiro atoms. The zero-order chi connectivity index (χ0) is 14.4. The van der Waals surface area contributed by atoms with E-state index in [4.69, 9.17) is 11.6 Å². The van der Waals surface area contributed by atoms with Crippen LogP contribution in [-0.4, -0.2) is 23.0 Å². The van der Waals surface area contributed by atoms with Gasteiger partial charge < -0.3 is 10.0 Å². The fraction of sp³-hybridized carbons (Fsp3) is 0.188. The number of aromatic hydroxyl groups is 1. The van der Waals surface area contributed by atoms with Crippen molar-refractivity contribution in [2.24, 2.45) is 0 Å². The maximum Gasteiger partial charge on any atom is 0.254 e. The summed E-state index contributed by atoms with van der Waals surface area (Å²) in [5, 5.41) is 10.1. The molecule has 0 radical (unpaired) electrons. The number of phenols is 1. The fourth-order valence-corrected chi connectivity index (χ4v) is 2.75. The second-order valence-electron chi connectivity index (χ2n) is 5.17. The molecule has 20 heavy (non-hydrogen) atoms. The van der Waals surface area contributed by atoms with Crippen molar-refractivity contribution in [1.29, 1.82) is 0 Å². The highest BCUT2D eigenvalue weighted by molar-refractivity contribution is 6.32. The van der Waals surface area contributed by atoms with Gasteiger partial charge in [0.15, 0.2) is 0 Å². The molecule has 2 aromatic rings. The molecule has 0 aromatic heterocycles. The van der Waals surface area contributed by atoms with E-state index < -0.39 is 0 Å². The smallest absolute Gasteiger partial charge is 0.254 e. The van der Waals surface area contributed by atoms with Crippen LogP contribution in [0.15, 0.2) is 30.3 Å². The highest BCUT2D eigenvalue weighted by Gasteiger charge is 2.24. The average molecular weight is 288 g/mol. The lowest BCUT2D eigenvalue weighted by molar-refractivity contribution is 0.0788. The minimum Gasteiger partial charge on any atom is -0.506 e. The predicted molar refractivity (Wildman–Crippen MR) is 79.1 cm³/mol. The number of amides is 1. The molecule has 0 fully saturated rings. The van der Waals surface area contributed by atoms with Crippen LogP contribution >= 0.6 is 11.6 Å². The summed E-state index contributed by atoms with van der Waals surface area (Å²) in [5.41, 5.74) is 4.37. The van der Waals surface area contributed by atoms with Gasteiger partial charge >= 0.3 is 0 Å². The van der Waals surface area contributed by atoms with E-state index in [9.17, 15) is 9.90 Å². The number of carbonyl (C=O) groups is 1. The number of phenolic OH excluding ortho intramolecular Hbond substituents is 1. The third kappa shape index (κ3) is 1.95. The predicted octanol–water partition coefficient (Wildman–Crippen LogP) is 3.61. The lowest BCUT2D eigenvalue weighted by Crippen LogP contribution is -2.24. The number of aryl methyl sites for hydroxylation is 1. The van der Waals surface area contributed by atoms with Gasteiger partial charge in [0.1, 0.15) is 5.75 Å². The van der Waals surface area contributed by atoms with Gasteiger partial charge in [-0.05, 0) is 41.8 Å². The van der Waals surface area contributed by atoms with Gasteiger partial charge in [0.05, 0.1) is 5.02 Å². The van der Waals surface area contributed by atoms with Gasteiger partial charge in [-0.15, -0.1) is 0 Å². The zero-order valence-corrected chi connectivity index (χ0v) is 12.0. The summed E-state index contributed by atoms with van der Waals surface area (Å²) in [5.74, 6) is 0.0253. The first kappa shape index (κ1) is 13.0. The molecule has 1 aliphatic rings. The maximum atomic E-state index is 12.5. The largest absolute Gasteiger partial charge is 0.506 e. The van der Waals surface area contributed by atoms with E-state index in [1.165, 1.54) is 0 Å². The van der Waals surface area contributed by atoms with Crippen molar-refractivity contribution in [2.45, 2.75) is 13.5 Å². The van der Waals surface area contributed by atoms with Crippen molar-refractivity contribution in [2.75, 3.05) is 7.05 Å². The van der Waals surface area contributed by atoms with E-state index in [-0.39, 0.29) is 11.7 Å². The topological polar surface area (TPSA) is 40.5 Å². The summed E-state index contributed by atoms with van der Waals surface area (Å²) < 4.78 is 0. The molecule has 0 unspecified atom stereocenters. The number of halogens is 1. The first-order chi connectivity index (χ1) is 9.47. The summed E-state index contributed by atoms with van der Waals surface area (Å²) >= 11 is 6.02. The van der Waals surface area contributed by atoms with Crippen LogP contribution in [0.3, 0.4) is 0 Å². The van der Waals surface area contributed by atoms with Gasteiger partial charge in [-0.1, -0.05) is 29.3 Å². The van der Waals surface area contributed by atoms with E-state index in [0.29, 0.717) is 17.1 Å². The Morgan fingerprint density at radius 3 is 2.65 bits per heavy atom. The Morgan fingerprint density at radius 1 is 1.15 bits per heavy atom. The number of nitrogens with zero attached hydrogens (tertiary/aromatic N) is 1. The number of benzene rings is 2. The quantitative estimate of drug-likeness (QED) is 0.804. The highest BCUT2D eigenvalue weighted by Crippen LogP contribution is 2.38. The second kappa shape index (κ2) is 4.53. The molecule has 2 aromatic carbocycles. The van der Waals surface area contributed by atoms with Crippen molar-refractivity contribution in [3.63, 3.8) is 0 Å². The van der Waals surface area contributed by atoms with E-state index in [2.05, 4.69) is 0 Å². The molecule has 0 atom stereocenters. The molecular formula is C16H14ClNO2. The molecule has 1 aliphatic heterocycles. The third-order valence-corrected chi connectivity index (χ3v) is 3.93. The van der Waals surface area contributed by atoms with E-state index in [1.54, 1.807) is 24.1 Å². The van der Waals surface area contributed by atoms with Crippen molar-refractivity contribution in [3.8, 4) is 16.9 Å². The molecule has 3 nitrogen and oxygen atoms in total. The SMILES string of the molecule is Cc1ccc2c(c1)C(=O)N(C)Cc1cc(O)c(Cl)cc1-2. The molecule has 1 amide bonds. The standard InChI is InChI=1S/C16H14ClNO2/c1-9-3-4-11-12-7-14(17)15(19)6-10(12)8-18(2)16(20)13(11)5-9/h3-7,19H,8H2,1-2H3. The third-order valence-electron chi connectivity index (χ3n) is 3.62. The molecule has 1 heterocycles. The average Bonchev–Trinajstić information content (AvgIpc) is 2.49. The molecular weight excluding hydrogens is 274 g/mol. The molecule has 0 saturated carbocycles. The molecule has 0 saturated heterocycles. The maximum absolute atomic E-state index is 12.5. The van der Waals surface area contributed by atoms with Crippen molar-refractivity contribution in [1.82, 2.24) is 4.90 Å². The summed E-state index contributed by atoms with van der Waals surface area (Å²) in [6, 6.07) is 9.17. The van der Waals surface area contributed by atoms with Crippen molar-refractivity contribution in [3.05, 3.63) is 52.0 Å². The Kier molecular flexibility index (Phi) is 2.94. The summed E-state index contributed by atoms with van der Waals surface area (Å²) in [7, 11) is 1.76. The van der Waals surface area contributed by atoms with Crippen LogP contribution < -0.4 is 0 Å². The van der Waals surface area contributed by atoms with Crippen LogP contribution in [0.1, 0.15) is 21.5 Å². The van der Waals surface area contributed by atoms with Gasteiger partial charge in [0, 0.05) is 19.2 Å². The lowest BCUT2D eigenvalue weighted by atomic mass is 9.95. The van der Waals surface area contributed by atoms with Gasteiger partial charge in [-0.25, -0.2) is 0 Å². The van der Waals surface area contributed by atoms with Crippen LogP contribution in [0.4, 0.5) is 0 Å². The van der Waals surface area contributed by atoms with Crippen LogP contribution in [0.2, 0.25) is 5.02 Å². The van der Waals surface area contributed by atoms with Crippen LogP contribution in [-0.2, 0) is 6.54 Å². The lowest BCUT2D eigenvalue weighted by Gasteiger charge is -2.15. The molecule has 0 aliphatic carbocycles. The fourth-order valence-electron chi connectivity index (χ4n) is 2.59. The summed E-state index contributed by atoms with van der Waals surface area (Å²) in [6.45, 7) is 2.41. The van der Waals surface area contributed by atoms with Crippen LogP contribution in [0, 0.1) is 6.92 Å².